The zero-order valence-corrected chi connectivity index (χ0v) is 19.5. The predicted octanol–water partition coefficient (Wildman–Crippen LogP) is 4.43. The molecule has 2 aromatic carbocycles. The van der Waals surface area contributed by atoms with E-state index in [1.54, 1.807) is 11.9 Å². The quantitative estimate of drug-likeness (QED) is 0.310. The number of rotatable bonds is 3. The van der Waals surface area contributed by atoms with Gasteiger partial charge in [-0.05, 0) is 42.7 Å². The van der Waals surface area contributed by atoms with Gasteiger partial charge in [-0.15, -0.1) is 0 Å². The number of benzene rings is 2. The molecule has 0 atom stereocenters. The number of anilines is 1. The van der Waals surface area contributed by atoms with E-state index in [9.17, 15) is 33.0 Å². The van der Waals surface area contributed by atoms with E-state index < -0.39 is 40.1 Å². The highest BCUT2D eigenvalue weighted by molar-refractivity contribution is 6.09. The fraction of sp³-hybridized carbons (Fsp3) is 0.269. The minimum absolute atomic E-state index is 0.0304. The number of aromatic nitrogens is 2. The molecule has 3 heterocycles. The van der Waals surface area contributed by atoms with E-state index in [2.05, 4.69) is 4.98 Å². The average molecular weight is 515 g/mol. The van der Waals surface area contributed by atoms with E-state index in [1.165, 1.54) is 41.2 Å². The summed E-state index contributed by atoms with van der Waals surface area (Å²) in [6, 6.07) is 7.08. The van der Waals surface area contributed by atoms with Crippen LogP contribution >= 0.6 is 0 Å². The molecule has 1 saturated heterocycles. The number of carboxylic acid groups (broad SMARTS) is 1. The molecule has 5 rings (SSSR count). The number of aromatic carboxylic acids is 1. The third-order valence-electron chi connectivity index (χ3n) is 6.98. The fourth-order valence-corrected chi connectivity index (χ4v) is 5.01. The number of hydrogen-bond donors (Lipinski definition) is 2. The molecule has 11 heteroatoms. The summed E-state index contributed by atoms with van der Waals surface area (Å²) < 4.78 is 56.1. The van der Waals surface area contributed by atoms with Crippen LogP contribution in [0.25, 0.3) is 21.8 Å². The molecule has 7 nitrogen and oxygen atoms in total. The highest BCUT2D eigenvalue weighted by Gasteiger charge is 2.38. The number of piperidine rings is 1. The summed E-state index contributed by atoms with van der Waals surface area (Å²) in [5, 5.41) is 21.0. The van der Waals surface area contributed by atoms with Gasteiger partial charge in [0.25, 0.3) is 0 Å². The summed E-state index contributed by atoms with van der Waals surface area (Å²) in [4.78, 5) is 30.6. The topological polar surface area (TPSA) is 95.7 Å². The first kappa shape index (κ1) is 24.7. The molecule has 0 unspecified atom stereocenters. The van der Waals surface area contributed by atoms with E-state index in [0.29, 0.717) is 5.52 Å². The Bertz CT molecular complexity index is 1620. The Balaban J connectivity index is 1.56. The van der Waals surface area contributed by atoms with Crippen LogP contribution in [0.5, 0.6) is 0 Å². The van der Waals surface area contributed by atoms with Crippen LogP contribution in [0.1, 0.15) is 34.3 Å². The van der Waals surface area contributed by atoms with Crippen molar-refractivity contribution in [3.63, 3.8) is 0 Å². The van der Waals surface area contributed by atoms with Crippen molar-refractivity contribution in [3.05, 3.63) is 81.5 Å². The number of alkyl halides is 3. The van der Waals surface area contributed by atoms with Crippen LogP contribution in [0, 0.1) is 5.82 Å². The Labute approximate surface area is 207 Å². The van der Waals surface area contributed by atoms with Crippen molar-refractivity contribution < 1.29 is 32.6 Å². The van der Waals surface area contributed by atoms with Crippen molar-refractivity contribution >= 4 is 33.5 Å². The van der Waals surface area contributed by atoms with Gasteiger partial charge in [0.2, 0.25) is 5.43 Å². The maximum Gasteiger partial charge on any atom is 0.416 e. The van der Waals surface area contributed by atoms with Gasteiger partial charge in [0.05, 0.1) is 39.5 Å². The fourth-order valence-electron chi connectivity index (χ4n) is 5.01. The van der Waals surface area contributed by atoms with Gasteiger partial charge in [0.1, 0.15) is 11.4 Å². The van der Waals surface area contributed by atoms with Crippen molar-refractivity contribution in [2.75, 3.05) is 18.0 Å². The van der Waals surface area contributed by atoms with E-state index in [1.807, 2.05) is 0 Å². The lowest BCUT2D eigenvalue weighted by Crippen LogP contribution is -2.43. The Hall–Kier alpha value is -3.99. The normalized spacial score (nSPS) is 15.9. The van der Waals surface area contributed by atoms with Crippen molar-refractivity contribution in [2.45, 2.75) is 24.6 Å². The van der Waals surface area contributed by atoms with Gasteiger partial charge in [-0.25, -0.2) is 9.18 Å². The standard InChI is InChI=1S/C26H21F4N3O4/c1-32-13-17(24(35)36)23(34)20-16-5-6-18(27)22(21(16)31-12-19(20)32)33-9-7-25(37,8-10-33)14-3-2-4-15(11-14)26(28,29)30/h2-6,11-13,37H,7-10H2,1H3,(H,35,36). The SMILES string of the molecule is Cn1cc(C(=O)O)c(=O)c2c3ccc(F)c(N4CCC(O)(c5cccc(C(F)(F)F)c5)CC4)c3ncc21. The maximum atomic E-state index is 15.1. The summed E-state index contributed by atoms with van der Waals surface area (Å²) in [7, 11) is 1.57. The van der Waals surface area contributed by atoms with Crippen LogP contribution in [-0.2, 0) is 18.8 Å². The first-order valence-corrected chi connectivity index (χ1v) is 11.4. The number of aliphatic hydroxyl groups is 1. The maximum absolute atomic E-state index is 15.1. The van der Waals surface area contributed by atoms with E-state index >= 15 is 4.39 Å². The second kappa shape index (κ2) is 8.55. The minimum atomic E-state index is -4.55. The molecule has 1 aliphatic heterocycles. The second-order valence-corrected chi connectivity index (χ2v) is 9.20. The molecule has 4 aromatic rings. The van der Waals surface area contributed by atoms with Gasteiger partial charge in [-0.2, -0.15) is 13.2 Å². The van der Waals surface area contributed by atoms with Crippen molar-refractivity contribution in [2.24, 2.45) is 7.05 Å². The molecule has 2 aromatic heterocycles. The van der Waals surface area contributed by atoms with Crippen LogP contribution in [-0.4, -0.2) is 38.8 Å². The lowest BCUT2D eigenvalue weighted by Gasteiger charge is -2.40. The first-order chi connectivity index (χ1) is 17.4. The van der Waals surface area contributed by atoms with Crippen LogP contribution in [0.3, 0.4) is 0 Å². The lowest BCUT2D eigenvalue weighted by atomic mass is 9.83. The monoisotopic (exact) mass is 515 g/mol. The molecule has 1 fully saturated rings. The number of fused-ring (bicyclic) bond motifs is 3. The van der Waals surface area contributed by atoms with Crippen molar-refractivity contribution in [3.8, 4) is 0 Å². The Morgan fingerprint density at radius 3 is 2.49 bits per heavy atom. The van der Waals surface area contributed by atoms with Crippen LogP contribution < -0.4 is 10.3 Å². The highest BCUT2D eigenvalue weighted by atomic mass is 19.4. The Morgan fingerprint density at radius 2 is 1.84 bits per heavy atom. The molecule has 0 saturated carbocycles. The third kappa shape index (κ3) is 4.08. The summed E-state index contributed by atoms with van der Waals surface area (Å²) in [5.74, 6) is -2.02. The molecule has 37 heavy (non-hydrogen) atoms. The zero-order valence-electron chi connectivity index (χ0n) is 19.5. The predicted molar refractivity (Wildman–Crippen MR) is 128 cm³/mol. The molecular formula is C26H21F4N3O4. The van der Waals surface area contributed by atoms with Gasteiger partial charge < -0.3 is 19.7 Å². The van der Waals surface area contributed by atoms with Gasteiger partial charge >= 0.3 is 12.1 Å². The van der Waals surface area contributed by atoms with Crippen molar-refractivity contribution in [1.82, 2.24) is 9.55 Å². The Morgan fingerprint density at radius 1 is 1.14 bits per heavy atom. The van der Waals surface area contributed by atoms with Gasteiger partial charge in [0.15, 0.2) is 0 Å². The average Bonchev–Trinajstić information content (AvgIpc) is 2.85. The summed E-state index contributed by atoms with van der Waals surface area (Å²) >= 11 is 0. The zero-order chi connectivity index (χ0) is 26.7. The Kier molecular flexibility index (Phi) is 5.70. The largest absolute Gasteiger partial charge is 0.477 e. The van der Waals surface area contributed by atoms with Crippen LogP contribution in [0.2, 0.25) is 0 Å². The van der Waals surface area contributed by atoms with Gasteiger partial charge in [0, 0.05) is 31.7 Å². The number of pyridine rings is 2. The molecule has 0 bridgehead atoms. The number of nitrogens with zero attached hydrogens (tertiary/aromatic N) is 3. The van der Waals surface area contributed by atoms with Crippen LogP contribution in [0.15, 0.2) is 53.6 Å². The molecule has 2 N–H and O–H groups in total. The minimum Gasteiger partial charge on any atom is -0.477 e. The van der Waals surface area contributed by atoms with Crippen molar-refractivity contribution in [1.29, 1.82) is 0 Å². The summed E-state index contributed by atoms with van der Waals surface area (Å²) in [6.45, 7) is 0.214. The lowest BCUT2D eigenvalue weighted by molar-refractivity contribution is -0.137. The first-order valence-electron chi connectivity index (χ1n) is 11.4. The third-order valence-corrected chi connectivity index (χ3v) is 6.98. The number of hydrogen-bond acceptors (Lipinski definition) is 5. The number of carbonyl (C=O) groups is 1. The smallest absolute Gasteiger partial charge is 0.416 e. The molecular weight excluding hydrogens is 494 g/mol. The van der Waals surface area contributed by atoms with E-state index in [0.717, 1.165) is 12.1 Å². The molecule has 0 amide bonds. The summed E-state index contributed by atoms with van der Waals surface area (Å²) in [5.41, 5.74) is -2.82. The van der Waals surface area contributed by atoms with Gasteiger partial charge in [-0.1, -0.05) is 12.1 Å². The number of halogens is 4. The van der Waals surface area contributed by atoms with E-state index in [-0.39, 0.29) is 53.5 Å². The molecule has 0 radical (unpaired) electrons. The number of aryl methyl sites for hydroxylation is 1. The highest BCUT2D eigenvalue weighted by Crippen LogP contribution is 2.40. The second-order valence-electron chi connectivity index (χ2n) is 9.20. The molecule has 0 aliphatic carbocycles. The molecule has 0 spiro atoms. The van der Waals surface area contributed by atoms with Gasteiger partial charge in [-0.3, -0.25) is 9.78 Å². The summed E-state index contributed by atoms with van der Waals surface area (Å²) in [6.07, 6.45) is -1.92. The van der Waals surface area contributed by atoms with E-state index in [4.69, 9.17) is 0 Å². The molecule has 192 valence electrons. The number of carboxylic acids is 1. The van der Waals surface area contributed by atoms with Crippen LogP contribution in [0.4, 0.5) is 23.2 Å². The molecule has 1 aliphatic rings.